The van der Waals surface area contributed by atoms with Crippen LogP contribution in [0.3, 0.4) is 0 Å². The summed E-state index contributed by atoms with van der Waals surface area (Å²) in [5.74, 6) is 0.415. The molecule has 0 spiro atoms. The number of carbonyl (C=O) groups is 1. The van der Waals surface area contributed by atoms with Gasteiger partial charge in [0, 0.05) is 18.3 Å². The van der Waals surface area contributed by atoms with Crippen molar-refractivity contribution in [1.29, 1.82) is 0 Å². The van der Waals surface area contributed by atoms with Gasteiger partial charge in [-0.1, -0.05) is 19.3 Å². The molecule has 1 N–H and O–H groups in total. The van der Waals surface area contributed by atoms with Crippen molar-refractivity contribution in [2.75, 3.05) is 0 Å². The number of amides is 1. The fourth-order valence-corrected chi connectivity index (χ4v) is 4.07. The third-order valence-electron chi connectivity index (χ3n) is 5.48. The van der Waals surface area contributed by atoms with Gasteiger partial charge >= 0.3 is 0 Å². The first-order valence-corrected chi connectivity index (χ1v) is 9.91. The zero-order chi connectivity index (χ0) is 19.8. The van der Waals surface area contributed by atoms with Crippen molar-refractivity contribution in [3.8, 4) is 11.5 Å². The van der Waals surface area contributed by atoms with Crippen molar-refractivity contribution in [3.05, 3.63) is 53.1 Å². The van der Waals surface area contributed by atoms with Gasteiger partial charge in [0.15, 0.2) is 11.4 Å². The van der Waals surface area contributed by atoms with Crippen LogP contribution in [0.25, 0.3) is 28.1 Å². The maximum absolute atomic E-state index is 13.2. The minimum atomic E-state index is -0.283. The molecule has 8 nitrogen and oxygen atoms in total. The Hall–Kier alpha value is -3.42. The van der Waals surface area contributed by atoms with E-state index in [9.17, 15) is 9.59 Å². The molecule has 1 fully saturated rings. The molecule has 0 radical (unpaired) electrons. The van der Waals surface area contributed by atoms with Crippen LogP contribution in [0.15, 0.2) is 52.0 Å². The molecular formula is C21H21N5O3. The van der Waals surface area contributed by atoms with Crippen LogP contribution in [-0.2, 0) is 11.3 Å². The highest BCUT2D eigenvalue weighted by Gasteiger charge is 2.20. The molecular weight excluding hydrogens is 370 g/mol. The number of nitrogens with one attached hydrogen (secondary N) is 1. The van der Waals surface area contributed by atoms with Gasteiger partial charge in [-0.15, -0.1) is 0 Å². The Balaban J connectivity index is 1.57. The summed E-state index contributed by atoms with van der Waals surface area (Å²) >= 11 is 0. The Morgan fingerprint density at radius 3 is 2.83 bits per heavy atom. The molecule has 0 aliphatic heterocycles. The standard InChI is InChI=1S/C21H21N5O3/c27-19(23-14-6-2-1-3-7-14)13-25-16-8-4-10-22-20(16)26-17(21(25)28)12-15(24-26)18-9-5-11-29-18/h4-5,8-12,14H,1-3,6-7,13H2,(H,23,27). The van der Waals surface area contributed by atoms with E-state index in [1.807, 2.05) is 0 Å². The van der Waals surface area contributed by atoms with E-state index < -0.39 is 0 Å². The summed E-state index contributed by atoms with van der Waals surface area (Å²) in [6, 6.07) is 8.95. The van der Waals surface area contributed by atoms with Gasteiger partial charge in [0.2, 0.25) is 5.91 Å². The van der Waals surface area contributed by atoms with Crippen LogP contribution in [0.2, 0.25) is 0 Å². The summed E-state index contributed by atoms with van der Waals surface area (Å²) in [4.78, 5) is 30.3. The molecule has 1 saturated carbocycles. The summed E-state index contributed by atoms with van der Waals surface area (Å²) in [5, 5.41) is 7.58. The molecule has 8 heteroatoms. The van der Waals surface area contributed by atoms with Crippen LogP contribution in [0, 0.1) is 0 Å². The third kappa shape index (κ3) is 3.20. The van der Waals surface area contributed by atoms with E-state index in [0.717, 1.165) is 25.7 Å². The number of carbonyl (C=O) groups excluding carboxylic acids is 1. The number of hydrogen-bond donors (Lipinski definition) is 1. The minimum absolute atomic E-state index is 0.0463. The van der Waals surface area contributed by atoms with Gasteiger partial charge in [-0.2, -0.15) is 5.10 Å². The Kier molecular flexibility index (Phi) is 4.38. The second-order valence-corrected chi connectivity index (χ2v) is 7.44. The van der Waals surface area contributed by atoms with Crippen LogP contribution in [0.1, 0.15) is 32.1 Å². The highest BCUT2D eigenvalue weighted by molar-refractivity contribution is 5.81. The van der Waals surface area contributed by atoms with Crippen molar-refractivity contribution in [2.45, 2.75) is 44.7 Å². The van der Waals surface area contributed by atoms with Crippen molar-refractivity contribution >= 4 is 22.6 Å². The Labute approximate surface area is 166 Å². The maximum atomic E-state index is 13.2. The van der Waals surface area contributed by atoms with E-state index >= 15 is 0 Å². The maximum Gasteiger partial charge on any atom is 0.277 e. The van der Waals surface area contributed by atoms with E-state index in [1.165, 1.54) is 15.5 Å². The van der Waals surface area contributed by atoms with Gasteiger partial charge in [-0.3, -0.25) is 14.2 Å². The van der Waals surface area contributed by atoms with Crippen molar-refractivity contribution < 1.29 is 9.21 Å². The van der Waals surface area contributed by atoms with Gasteiger partial charge in [0.25, 0.3) is 5.56 Å². The second kappa shape index (κ2) is 7.20. The minimum Gasteiger partial charge on any atom is -0.463 e. The van der Waals surface area contributed by atoms with Crippen LogP contribution in [0.4, 0.5) is 0 Å². The number of furan rings is 1. The van der Waals surface area contributed by atoms with Gasteiger partial charge < -0.3 is 9.73 Å². The number of nitrogens with zero attached hydrogens (tertiary/aromatic N) is 4. The molecule has 0 aromatic carbocycles. The van der Waals surface area contributed by atoms with Crippen molar-refractivity contribution in [2.24, 2.45) is 0 Å². The normalized spacial score (nSPS) is 15.2. The molecule has 0 bridgehead atoms. The molecule has 0 unspecified atom stereocenters. The van der Waals surface area contributed by atoms with Crippen LogP contribution >= 0.6 is 0 Å². The lowest BCUT2D eigenvalue weighted by Crippen LogP contribution is -2.40. The molecule has 5 rings (SSSR count). The van der Waals surface area contributed by atoms with Crippen LogP contribution in [0.5, 0.6) is 0 Å². The lowest BCUT2D eigenvalue weighted by molar-refractivity contribution is -0.122. The van der Waals surface area contributed by atoms with E-state index in [4.69, 9.17) is 4.42 Å². The molecule has 0 atom stereocenters. The number of aromatic nitrogens is 4. The average Bonchev–Trinajstić information content (AvgIpc) is 3.42. The number of hydrogen-bond acceptors (Lipinski definition) is 5. The Bertz CT molecular complexity index is 1230. The summed E-state index contributed by atoms with van der Waals surface area (Å²) < 4.78 is 8.41. The SMILES string of the molecule is O=C(Cn1c(=O)c2cc(-c3ccco3)nn2c2ncccc21)NC1CCCCC1. The Morgan fingerprint density at radius 1 is 1.17 bits per heavy atom. The van der Waals surface area contributed by atoms with Gasteiger partial charge in [0.05, 0.1) is 11.8 Å². The molecule has 1 aliphatic rings. The Morgan fingerprint density at radius 2 is 2.03 bits per heavy atom. The van der Waals surface area contributed by atoms with E-state index in [1.54, 1.807) is 42.8 Å². The third-order valence-corrected chi connectivity index (χ3v) is 5.48. The summed E-state index contributed by atoms with van der Waals surface area (Å²) in [6.45, 7) is -0.0463. The van der Waals surface area contributed by atoms with E-state index in [0.29, 0.717) is 28.1 Å². The molecule has 1 aliphatic carbocycles. The second-order valence-electron chi connectivity index (χ2n) is 7.44. The number of pyridine rings is 1. The lowest BCUT2D eigenvalue weighted by Gasteiger charge is -2.23. The molecule has 0 saturated heterocycles. The van der Waals surface area contributed by atoms with E-state index in [2.05, 4.69) is 15.4 Å². The molecule has 4 aromatic heterocycles. The predicted octanol–water partition coefficient (Wildman–Crippen LogP) is 2.75. The van der Waals surface area contributed by atoms with Gasteiger partial charge in [0.1, 0.15) is 17.8 Å². The molecule has 148 valence electrons. The largest absolute Gasteiger partial charge is 0.463 e. The van der Waals surface area contributed by atoms with E-state index in [-0.39, 0.29) is 24.1 Å². The highest BCUT2D eigenvalue weighted by Crippen LogP contribution is 2.21. The quantitative estimate of drug-likeness (QED) is 0.577. The fourth-order valence-electron chi connectivity index (χ4n) is 4.07. The molecule has 29 heavy (non-hydrogen) atoms. The summed E-state index contributed by atoms with van der Waals surface area (Å²) in [6.07, 6.45) is 8.69. The smallest absolute Gasteiger partial charge is 0.277 e. The van der Waals surface area contributed by atoms with Crippen LogP contribution < -0.4 is 10.9 Å². The first-order valence-electron chi connectivity index (χ1n) is 9.91. The number of rotatable bonds is 4. The topological polar surface area (TPSA) is 94.4 Å². The molecule has 4 aromatic rings. The first kappa shape index (κ1) is 17.7. The average molecular weight is 391 g/mol. The van der Waals surface area contributed by atoms with Crippen molar-refractivity contribution in [3.63, 3.8) is 0 Å². The molecule has 1 amide bonds. The van der Waals surface area contributed by atoms with Gasteiger partial charge in [-0.05, 0) is 37.1 Å². The summed E-state index contributed by atoms with van der Waals surface area (Å²) in [7, 11) is 0. The summed E-state index contributed by atoms with van der Waals surface area (Å²) in [5.41, 5.74) is 1.70. The predicted molar refractivity (Wildman–Crippen MR) is 107 cm³/mol. The van der Waals surface area contributed by atoms with Crippen LogP contribution in [-0.4, -0.2) is 31.1 Å². The first-order chi connectivity index (χ1) is 14.2. The zero-order valence-corrected chi connectivity index (χ0v) is 15.9. The van der Waals surface area contributed by atoms with Gasteiger partial charge in [-0.25, -0.2) is 9.50 Å². The van der Waals surface area contributed by atoms with Crippen molar-refractivity contribution in [1.82, 2.24) is 24.5 Å². The highest BCUT2D eigenvalue weighted by atomic mass is 16.3. The lowest BCUT2D eigenvalue weighted by atomic mass is 9.95. The monoisotopic (exact) mass is 391 g/mol. The number of fused-ring (bicyclic) bond motifs is 3. The zero-order valence-electron chi connectivity index (χ0n) is 15.9. The molecule has 4 heterocycles. The fraction of sp³-hybridized carbons (Fsp3) is 0.333.